The molecule has 0 saturated carbocycles. The van der Waals surface area contributed by atoms with Gasteiger partial charge in [0.15, 0.2) is 5.13 Å². The van der Waals surface area contributed by atoms with Crippen molar-refractivity contribution in [2.45, 2.75) is 25.9 Å². The Morgan fingerprint density at radius 2 is 2.07 bits per heavy atom. The summed E-state index contributed by atoms with van der Waals surface area (Å²) < 4.78 is 8.33. The van der Waals surface area contributed by atoms with Gasteiger partial charge in [0.05, 0.1) is 49.5 Å². The summed E-state index contributed by atoms with van der Waals surface area (Å²) in [5.41, 5.74) is 1.09. The third-order valence-corrected chi connectivity index (χ3v) is 6.34. The van der Waals surface area contributed by atoms with Crippen molar-refractivity contribution >= 4 is 26.7 Å². The molecule has 3 heterocycles. The van der Waals surface area contributed by atoms with E-state index in [9.17, 15) is 0 Å². The first-order valence-corrected chi connectivity index (χ1v) is 10.3. The number of anilines is 1. The van der Waals surface area contributed by atoms with Crippen molar-refractivity contribution in [2.75, 3.05) is 44.8 Å². The molecule has 144 valence electrons. The van der Waals surface area contributed by atoms with Crippen molar-refractivity contribution in [2.24, 2.45) is 0 Å². The monoisotopic (exact) mass is 388 g/mol. The molecule has 0 aliphatic carbocycles. The fourth-order valence-corrected chi connectivity index (χ4v) is 4.80. The number of piperazine rings is 1. The maximum Gasteiger partial charge on any atom is 0.209 e. The third kappa shape index (κ3) is 3.80. The van der Waals surface area contributed by atoms with Crippen LogP contribution in [0.25, 0.3) is 10.2 Å². The number of nitrogens with one attached hydrogen (secondary N) is 1. The Balaban J connectivity index is 1.43. The van der Waals surface area contributed by atoms with Crippen LogP contribution in [0.5, 0.6) is 0 Å². The van der Waals surface area contributed by atoms with Gasteiger partial charge in [0.1, 0.15) is 6.04 Å². The SMILES string of the molecule is CC[C@H](c1nnnn1CCOC)[NH+]1CCN(c2nc3ccccc3s2)CC1. The fraction of sp³-hybridized carbons (Fsp3) is 0.556. The molecule has 4 rings (SSSR count). The maximum atomic E-state index is 5.18. The summed E-state index contributed by atoms with van der Waals surface area (Å²) in [7, 11) is 1.70. The van der Waals surface area contributed by atoms with Gasteiger partial charge in [-0.3, -0.25) is 0 Å². The number of nitrogens with zero attached hydrogens (tertiary/aromatic N) is 6. The van der Waals surface area contributed by atoms with Gasteiger partial charge < -0.3 is 14.5 Å². The van der Waals surface area contributed by atoms with Crippen LogP contribution in [-0.4, -0.2) is 65.1 Å². The molecule has 9 heteroatoms. The van der Waals surface area contributed by atoms with E-state index in [1.807, 2.05) is 10.7 Å². The maximum absolute atomic E-state index is 5.18. The lowest BCUT2D eigenvalue weighted by Crippen LogP contribution is -3.15. The molecule has 0 amide bonds. The summed E-state index contributed by atoms with van der Waals surface area (Å²) in [5, 5.41) is 13.5. The van der Waals surface area contributed by atoms with Crippen LogP contribution in [0.1, 0.15) is 25.2 Å². The summed E-state index contributed by atoms with van der Waals surface area (Å²) in [6.45, 7) is 7.66. The van der Waals surface area contributed by atoms with E-state index in [0.29, 0.717) is 19.2 Å². The van der Waals surface area contributed by atoms with Crippen LogP contribution in [0.2, 0.25) is 0 Å². The Bertz CT molecular complexity index is 838. The second-order valence-electron chi connectivity index (χ2n) is 6.82. The lowest BCUT2D eigenvalue weighted by Gasteiger charge is -2.35. The lowest BCUT2D eigenvalue weighted by atomic mass is 10.1. The second-order valence-corrected chi connectivity index (χ2v) is 7.83. The van der Waals surface area contributed by atoms with Crippen molar-refractivity contribution in [3.8, 4) is 0 Å². The largest absolute Gasteiger partial charge is 0.383 e. The molecule has 2 aromatic heterocycles. The number of fused-ring (bicyclic) bond motifs is 1. The van der Waals surface area contributed by atoms with E-state index >= 15 is 0 Å². The normalized spacial score (nSPS) is 16.9. The highest BCUT2D eigenvalue weighted by molar-refractivity contribution is 7.22. The first kappa shape index (κ1) is 18.3. The Morgan fingerprint density at radius 3 is 2.81 bits per heavy atom. The highest BCUT2D eigenvalue weighted by Crippen LogP contribution is 2.28. The summed E-state index contributed by atoms with van der Waals surface area (Å²) in [4.78, 5) is 8.77. The van der Waals surface area contributed by atoms with Gasteiger partial charge in [-0.1, -0.05) is 30.4 Å². The number of hydrogen-bond acceptors (Lipinski definition) is 7. The van der Waals surface area contributed by atoms with Crippen LogP contribution in [0, 0.1) is 0 Å². The highest BCUT2D eigenvalue weighted by Gasteiger charge is 2.32. The topological polar surface area (TPSA) is 73.4 Å². The molecule has 1 N–H and O–H groups in total. The van der Waals surface area contributed by atoms with Crippen molar-refractivity contribution in [3.05, 3.63) is 30.1 Å². The molecule has 1 aromatic carbocycles. The van der Waals surface area contributed by atoms with Crippen LogP contribution in [0.3, 0.4) is 0 Å². The molecule has 0 spiro atoms. The van der Waals surface area contributed by atoms with Gasteiger partial charge in [-0.25, -0.2) is 9.67 Å². The average Bonchev–Trinajstić information content (AvgIpc) is 3.34. The predicted octanol–water partition coefficient (Wildman–Crippen LogP) is 0.785. The van der Waals surface area contributed by atoms with Crippen LogP contribution in [0.4, 0.5) is 5.13 Å². The zero-order chi connectivity index (χ0) is 18.6. The van der Waals surface area contributed by atoms with E-state index in [1.54, 1.807) is 23.3 Å². The number of benzene rings is 1. The Hall–Kier alpha value is -2.10. The molecule has 3 aromatic rings. The first-order valence-electron chi connectivity index (χ1n) is 9.50. The van der Waals surface area contributed by atoms with E-state index in [0.717, 1.165) is 49.1 Å². The molecule has 1 atom stereocenters. The molecular formula is C18H26N7OS+. The molecule has 0 radical (unpaired) electrons. The molecule has 27 heavy (non-hydrogen) atoms. The van der Waals surface area contributed by atoms with Crippen LogP contribution in [0.15, 0.2) is 24.3 Å². The number of para-hydroxylation sites is 1. The lowest BCUT2D eigenvalue weighted by molar-refractivity contribution is -0.933. The van der Waals surface area contributed by atoms with E-state index < -0.39 is 0 Å². The standard InChI is InChI=1S/C18H25N7OS/c1-3-15(17-20-21-22-25(17)12-13-26-2)23-8-10-24(11-9-23)18-19-14-6-4-5-7-16(14)27-18/h4-7,15H,3,8-13H2,1-2H3/p+1/t15-/m1/s1. The van der Waals surface area contributed by atoms with Crippen molar-refractivity contribution in [3.63, 3.8) is 0 Å². The predicted molar refractivity (Wildman–Crippen MR) is 105 cm³/mol. The third-order valence-electron chi connectivity index (χ3n) is 5.24. The number of quaternary nitrogens is 1. The Labute approximate surface area is 162 Å². The van der Waals surface area contributed by atoms with Crippen molar-refractivity contribution < 1.29 is 9.64 Å². The molecule has 1 fully saturated rings. The average molecular weight is 389 g/mol. The molecule has 1 aliphatic heterocycles. The molecular weight excluding hydrogens is 362 g/mol. The Kier molecular flexibility index (Phi) is 5.61. The molecule has 0 bridgehead atoms. The summed E-state index contributed by atoms with van der Waals surface area (Å²) in [6.07, 6.45) is 1.02. The minimum Gasteiger partial charge on any atom is -0.383 e. The van der Waals surface area contributed by atoms with E-state index in [2.05, 4.69) is 45.5 Å². The van der Waals surface area contributed by atoms with E-state index in [1.165, 1.54) is 4.70 Å². The van der Waals surface area contributed by atoms with Crippen molar-refractivity contribution in [1.82, 2.24) is 25.2 Å². The van der Waals surface area contributed by atoms with Gasteiger partial charge in [-0.2, -0.15) is 0 Å². The van der Waals surface area contributed by atoms with Crippen molar-refractivity contribution in [1.29, 1.82) is 0 Å². The first-order chi connectivity index (χ1) is 13.3. The molecule has 1 aliphatic rings. The molecule has 8 nitrogen and oxygen atoms in total. The quantitative estimate of drug-likeness (QED) is 0.645. The van der Waals surface area contributed by atoms with Crippen LogP contribution < -0.4 is 9.80 Å². The molecule has 0 unspecified atom stereocenters. The summed E-state index contributed by atoms with van der Waals surface area (Å²) in [5.74, 6) is 0.970. The van der Waals surface area contributed by atoms with Gasteiger partial charge in [0, 0.05) is 13.5 Å². The number of aromatic nitrogens is 5. The van der Waals surface area contributed by atoms with Gasteiger partial charge in [0.2, 0.25) is 5.82 Å². The number of thiazole rings is 1. The zero-order valence-electron chi connectivity index (χ0n) is 15.8. The van der Waals surface area contributed by atoms with Gasteiger partial charge in [0.25, 0.3) is 0 Å². The smallest absolute Gasteiger partial charge is 0.209 e. The van der Waals surface area contributed by atoms with Gasteiger partial charge in [-0.15, -0.1) is 5.10 Å². The number of hydrogen-bond donors (Lipinski definition) is 1. The summed E-state index contributed by atoms with van der Waals surface area (Å²) >= 11 is 1.78. The second kappa shape index (κ2) is 8.28. The fourth-order valence-electron chi connectivity index (χ4n) is 3.78. The minimum absolute atomic E-state index is 0.314. The van der Waals surface area contributed by atoms with Crippen LogP contribution >= 0.6 is 11.3 Å². The number of methoxy groups -OCH3 is 1. The highest BCUT2D eigenvalue weighted by atomic mass is 32.1. The van der Waals surface area contributed by atoms with Crippen LogP contribution in [-0.2, 0) is 11.3 Å². The van der Waals surface area contributed by atoms with Gasteiger partial charge in [-0.05, 0) is 22.6 Å². The number of tetrazole rings is 1. The number of rotatable bonds is 7. The zero-order valence-corrected chi connectivity index (χ0v) is 16.7. The van der Waals surface area contributed by atoms with E-state index in [-0.39, 0.29) is 0 Å². The number of ether oxygens (including phenoxy) is 1. The minimum atomic E-state index is 0.314. The van der Waals surface area contributed by atoms with Gasteiger partial charge >= 0.3 is 0 Å². The van der Waals surface area contributed by atoms with E-state index in [4.69, 9.17) is 9.72 Å². The molecule has 1 saturated heterocycles. The Morgan fingerprint density at radius 1 is 1.26 bits per heavy atom. The summed E-state index contributed by atoms with van der Waals surface area (Å²) in [6, 6.07) is 8.67.